The summed E-state index contributed by atoms with van der Waals surface area (Å²) in [6.07, 6.45) is 4.44. The largest absolute Gasteiger partial charge is 0.361 e. The summed E-state index contributed by atoms with van der Waals surface area (Å²) < 4.78 is 25.4. The van der Waals surface area contributed by atoms with E-state index in [2.05, 4.69) is 26.1 Å². The van der Waals surface area contributed by atoms with Crippen molar-refractivity contribution in [2.75, 3.05) is 18.9 Å². The van der Waals surface area contributed by atoms with E-state index in [4.69, 9.17) is 5.73 Å². The topological polar surface area (TPSA) is 112 Å². The number of sulfonamides is 1. The van der Waals surface area contributed by atoms with Crippen molar-refractivity contribution in [3.8, 4) is 0 Å². The summed E-state index contributed by atoms with van der Waals surface area (Å²) in [4.78, 5) is 7.60. The highest BCUT2D eigenvalue weighted by Gasteiger charge is 2.08. The van der Waals surface area contributed by atoms with Crippen LogP contribution in [0.4, 0.5) is 11.4 Å². The maximum absolute atomic E-state index is 11.6. The molecule has 8 heteroatoms. The third-order valence-electron chi connectivity index (χ3n) is 4.23. The van der Waals surface area contributed by atoms with Crippen LogP contribution in [0.1, 0.15) is 11.1 Å². The molecule has 0 aliphatic carbocycles. The Balaban J connectivity index is 1.66. The van der Waals surface area contributed by atoms with E-state index in [0.29, 0.717) is 12.1 Å². The Morgan fingerprint density at radius 1 is 1.19 bits per heavy atom. The van der Waals surface area contributed by atoms with Gasteiger partial charge in [-0.15, -0.1) is 0 Å². The lowest BCUT2D eigenvalue weighted by Gasteiger charge is -2.04. The van der Waals surface area contributed by atoms with E-state index in [1.807, 2.05) is 18.3 Å². The van der Waals surface area contributed by atoms with E-state index < -0.39 is 10.0 Å². The maximum atomic E-state index is 11.6. The number of nitrogens with zero attached hydrogens (tertiary/aromatic N) is 1. The highest BCUT2D eigenvalue weighted by molar-refractivity contribution is 7.88. The van der Waals surface area contributed by atoms with Crippen LogP contribution in [-0.4, -0.2) is 33.3 Å². The Kier molecular flexibility index (Phi) is 5.90. The zero-order valence-corrected chi connectivity index (χ0v) is 15.9. The van der Waals surface area contributed by atoms with Gasteiger partial charge in [-0.05, 0) is 61.5 Å². The molecule has 0 aliphatic heterocycles. The van der Waals surface area contributed by atoms with Gasteiger partial charge in [0.15, 0.2) is 0 Å². The number of hydrogen-bond acceptors (Lipinski definition) is 4. The number of hydrogen-bond donors (Lipinski definition) is 4. The van der Waals surface area contributed by atoms with Crippen molar-refractivity contribution in [2.24, 2.45) is 10.7 Å². The molecule has 0 radical (unpaired) electrons. The van der Waals surface area contributed by atoms with Gasteiger partial charge in [0.05, 0.1) is 17.8 Å². The average Bonchev–Trinajstić information content (AvgIpc) is 3.06. The van der Waals surface area contributed by atoms with Crippen LogP contribution in [-0.2, 0) is 22.2 Å². The van der Waals surface area contributed by atoms with E-state index >= 15 is 0 Å². The second kappa shape index (κ2) is 8.34. The maximum Gasteiger partial charge on any atom is 0.215 e. The molecule has 1 aromatic heterocycles. The number of anilines is 1. The quantitative estimate of drug-likeness (QED) is 0.352. The van der Waals surface area contributed by atoms with Gasteiger partial charge in [-0.3, -0.25) is 0 Å². The molecule has 0 unspecified atom stereocenters. The minimum atomic E-state index is -3.27. The fraction of sp³-hybridized carbons (Fsp3) is 0.211. The number of benzene rings is 2. The molecule has 142 valence electrons. The first-order chi connectivity index (χ1) is 13.0. The predicted molar refractivity (Wildman–Crippen MR) is 111 cm³/mol. The number of fused-ring (bicyclic) bond motifs is 1. The van der Waals surface area contributed by atoms with E-state index in [0.717, 1.165) is 28.7 Å². The molecule has 1 heterocycles. The second-order valence-corrected chi connectivity index (χ2v) is 8.07. The Morgan fingerprint density at radius 2 is 1.96 bits per heavy atom. The van der Waals surface area contributed by atoms with Crippen LogP contribution in [0.5, 0.6) is 0 Å². The van der Waals surface area contributed by atoms with Crippen LogP contribution in [0, 0.1) is 0 Å². The molecule has 0 atom stereocenters. The summed E-state index contributed by atoms with van der Waals surface area (Å²) in [5.41, 5.74) is 10.3. The van der Waals surface area contributed by atoms with E-state index in [9.17, 15) is 8.42 Å². The molecule has 0 bridgehead atoms. The first-order valence-corrected chi connectivity index (χ1v) is 10.3. The fourth-order valence-corrected chi connectivity index (χ4v) is 3.56. The van der Waals surface area contributed by atoms with Crippen LogP contribution in [0.3, 0.4) is 0 Å². The van der Waals surface area contributed by atoms with Crippen molar-refractivity contribution in [2.45, 2.75) is 12.2 Å². The number of H-pyrrole nitrogens is 1. The van der Waals surface area contributed by atoms with Crippen LogP contribution >= 0.6 is 0 Å². The summed E-state index contributed by atoms with van der Waals surface area (Å²) >= 11 is 0. The number of aliphatic imine (C=N–C) groups is 1. The van der Waals surface area contributed by atoms with Crippen molar-refractivity contribution in [3.63, 3.8) is 0 Å². The highest BCUT2D eigenvalue weighted by Crippen LogP contribution is 2.22. The smallest absolute Gasteiger partial charge is 0.215 e. The minimum Gasteiger partial charge on any atom is -0.361 e. The van der Waals surface area contributed by atoms with Crippen LogP contribution in [0.15, 0.2) is 53.7 Å². The molecular weight excluding hydrogens is 362 g/mol. The average molecular weight is 385 g/mol. The molecular formula is C19H23N5O2S. The zero-order valence-electron chi connectivity index (χ0n) is 15.1. The third-order valence-corrected chi connectivity index (χ3v) is 5.57. The number of aromatic nitrogens is 1. The van der Waals surface area contributed by atoms with Gasteiger partial charge in [0.2, 0.25) is 10.0 Å². The van der Waals surface area contributed by atoms with Crippen molar-refractivity contribution in [1.82, 2.24) is 9.71 Å². The van der Waals surface area contributed by atoms with Crippen molar-refractivity contribution >= 4 is 38.6 Å². The van der Waals surface area contributed by atoms with E-state index in [1.54, 1.807) is 30.6 Å². The normalized spacial score (nSPS) is 12.1. The van der Waals surface area contributed by atoms with Gasteiger partial charge in [0.1, 0.15) is 0 Å². The molecule has 5 N–H and O–H groups in total. The number of aromatic amines is 1. The Bertz CT molecular complexity index is 1040. The SMILES string of the molecule is CNS(=O)(=O)Cc1ccc(N=CNc2ccc3[nH]cc(CCN)c3c2)cc1. The Labute approximate surface area is 158 Å². The highest BCUT2D eigenvalue weighted by atomic mass is 32.2. The minimum absolute atomic E-state index is 0.0481. The lowest BCUT2D eigenvalue weighted by Crippen LogP contribution is -2.20. The monoisotopic (exact) mass is 385 g/mol. The van der Waals surface area contributed by atoms with Gasteiger partial charge in [0.25, 0.3) is 0 Å². The second-order valence-electron chi connectivity index (χ2n) is 6.15. The summed E-state index contributed by atoms with van der Waals surface area (Å²) in [7, 11) is -1.86. The molecule has 27 heavy (non-hydrogen) atoms. The molecule has 3 rings (SSSR count). The third kappa shape index (κ3) is 4.94. The molecule has 0 saturated heterocycles. The van der Waals surface area contributed by atoms with Crippen LogP contribution in [0.2, 0.25) is 0 Å². The summed E-state index contributed by atoms with van der Waals surface area (Å²) in [5, 5.41) is 4.31. The zero-order chi connectivity index (χ0) is 19.3. The lowest BCUT2D eigenvalue weighted by molar-refractivity contribution is 0.587. The lowest BCUT2D eigenvalue weighted by atomic mass is 10.1. The van der Waals surface area contributed by atoms with Gasteiger partial charge in [-0.25, -0.2) is 18.1 Å². The molecule has 0 saturated carbocycles. The first-order valence-electron chi connectivity index (χ1n) is 8.60. The molecule has 0 aliphatic rings. The van der Waals surface area contributed by atoms with Gasteiger partial charge < -0.3 is 16.0 Å². The molecule has 3 aromatic rings. The molecule has 0 amide bonds. The standard InChI is InChI=1S/C19H23N5O2S/c1-21-27(25,26)12-14-2-4-16(5-3-14)23-13-24-17-6-7-19-18(10-17)15(8-9-20)11-22-19/h2-7,10-11,13,21-22H,8-9,12,20H2,1H3,(H,23,24). The van der Waals surface area contributed by atoms with E-state index in [-0.39, 0.29) is 5.75 Å². The van der Waals surface area contributed by atoms with Gasteiger partial charge in [0, 0.05) is 22.8 Å². The van der Waals surface area contributed by atoms with Gasteiger partial charge >= 0.3 is 0 Å². The van der Waals surface area contributed by atoms with E-state index in [1.165, 1.54) is 12.6 Å². The number of nitrogens with one attached hydrogen (secondary N) is 3. The number of rotatable bonds is 8. The van der Waals surface area contributed by atoms with Crippen LogP contribution < -0.4 is 15.8 Å². The molecule has 7 nitrogen and oxygen atoms in total. The fourth-order valence-electron chi connectivity index (χ4n) is 2.78. The first kappa shape index (κ1) is 19.1. The Morgan fingerprint density at radius 3 is 2.67 bits per heavy atom. The summed E-state index contributed by atoms with van der Waals surface area (Å²) in [5.74, 6) is -0.0481. The molecule has 2 aromatic carbocycles. The van der Waals surface area contributed by atoms with Crippen molar-refractivity contribution < 1.29 is 8.42 Å². The van der Waals surface area contributed by atoms with Gasteiger partial charge in [-0.2, -0.15) is 0 Å². The molecule has 0 spiro atoms. The van der Waals surface area contributed by atoms with Gasteiger partial charge in [-0.1, -0.05) is 12.1 Å². The number of nitrogens with two attached hydrogens (primary N) is 1. The predicted octanol–water partition coefficient (Wildman–Crippen LogP) is 2.49. The van der Waals surface area contributed by atoms with Crippen molar-refractivity contribution in [3.05, 3.63) is 59.8 Å². The molecule has 0 fully saturated rings. The van der Waals surface area contributed by atoms with Crippen molar-refractivity contribution in [1.29, 1.82) is 0 Å². The Hall–Kier alpha value is -2.68. The van der Waals surface area contributed by atoms with Crippen LogP contribution in [0.25, 0.3) is 10.9 Å². The summed E-state index contributed by atoms with van der Waals surface area (Å²) in [6.45, 7) is 0.609. The summed E-state index contributed by atoms with van der Waals surface area (Å²) in [6, 6.07) is 13.1.